The number of hydrogen-bond donors (Lipinski definition) is 1. The normalized spacial score (nSPS) is 10.5. The first-order chi connectivity index (χ1) is 9.10. The maximum Gasteiger partial charge on any atom is 0.132 e. The van der Waals surface area contributed by atoms with Crippen LogP contribution in [0.1, 0.15) is 11.1 Å². The van der Waals surface area contributed by atoms with Gasteiger partial charge in [0.15, 0.2) is 0 Å². The summed E-state index contributed by atoms with van der Waals surface area (Å²) in [5.74, 6) is 1.76. The molecule has 0 saturated heterocycles. The maximum atomic E-state index is 6.02. The Kier molecular flexibility index (Phi) is 5.02. The van der Waals surface area contributed by atoms with Crippen LogP contribution in [0.5, 0.6) is 11.5 Å². The van der Waals surface area contributed by atoms with Gasteiger partial charge in [0.05, 0.1) is 0 Å². The third-order valence-corrected chi connectivity index (χ3v) is 3.73. The van der Waals surface area contributed by atoms with Crippen molar-refractivity contribution in [2.75, 3.05) is 7.05 Å². The summed E-state index contributed by atoms with van der Waals surface area (Å²) < 4.78 is 8.13. The Hall–Kier alpha value is -0.840. The molecule has 0 bridgehead atoms. The van der Waals surface area contributed by atoms with E-state index in [1.54, 1.807) is 0 Å². The molecule has 2 aromatic rings. The average Bonchev–Trinajstić information content (AvgIpc) is 2.36. The molecule has 0 aromatic heterocycles. The van der Waals surface area contributed by atoms with Gasteiger partial charge in [-0.1, -0.05) is 31.9 Å². The van der Waals surface area contributed by atoms with Crippen LogP contribution in [0.15, 0.2) is 45.3 Å². The van der Waals surface area contributed by atoms with Gasteiger partial charge in [0, 0.05) is 21.1 Å². The summed E-state index contributed by atoms with van der Waals surface area (Å²) in [6.07, 6.45) is 0. The van der Waals surface area contributed by atoms with E-state index in [0.717, 1.165) is 38.1 Å². The number of halogens is 2. The molecular formula is C15H15Br2NO. The van der Waals surface area contributed by atoms with E-state index in [1.807, 2.05) is 44.3 Å². The fraction of sp³-hybridized carbons (Fsp3) is 0.200. The number of benzene rings is 2. The quantitative estimate of drug-likeness (QED) is 0.797. The fourth-order valence-corrected chi connectivity index (χ4v) is 2.71. The van der Waals surface area contributed by atoms with Crippen LogP contribution in [0.3, 0.4) is 0 Å². The van der Waals surface area contributed by atoms with Crippen LogP contribution >= 0.6 is 31.9 Å². The summed E-state index contributed by atoms with van der Waals surface area (Å²) >= 11 is 6.95. The number of ether oxygens (including phenoxy) is 1. The highest BCUT2D eigenvalue weighted by atomic mass is 79.9. The Bertz CT molecular complexity index is 584. The van der Waals surface area contributed by atoms with Crippen molar-refractivity contribution in [1.29, 1.82) is 0 Å². The van der Waals surface area contributed by atoms with Crippen molar-refractivity contribution in [2.24, 2.45) is 0 Å². The van der Waals surface area contributed by atoms with Gasteiger partial charge in [-0.05, 0) is 55.9 Å². The van der Waals surface area contributed by atoms with E-state index in [4.69, 9.17) is 4.74 Å². The van der Waals surface area contributed by atoms with Gasteiger partial charge in [0.2, 0.25) is 0 Å². The van der Waals surface area contributed by atoms with Gasteiger partial charge in [0.1, 0.15) is 11.5 Å². The van der Waals surface area contributed by atoms with E-state index >= 15 is 0 Å². The molecule has 2 nitrogen and oxygen atoms in total. The highest BCUT2D eigenvalue weighted by Crippen LogP contribution is 2.31. The van der Waals surface area contributed by atoms with Crippen molar-refractivity contribution < 1.29 is 4.74 Å². The van der Waals surface area contributed by atoms with Gasteiger partial charge in [-0.2, -0.15) is 0 Å². The molecule has 19 heavy (non-hydrogen) atoms. The zero-order valence-corrected chi connectivity index (χ0v) is 14.0. The van der Waals surface area contributed by atoms with E-state index in [1.165, 1.54) is 0 Å². The number of hydrogen-bond acceptors (Lipinski definition) is 2. The van der Waals surface area contributed by atoms with Crippen LogP contribution in [0.2, 0.25) is 0 Å². The van der Waals surface area contributed by atoms with Crippen LogP contribution in [0.4, 0.5) is 0 Å². The molecule has 0 heterocycles. The topological polar surface area (TPSA) is 21.3 Å². The third-order valence-electron chi connectivity index (χ3n) is 2.75. The average molecular weight is 385 g/mol. The molecule has 0 atom stereocenters. The number of rotatable bonds is 4. The lowest BCUT2D eigenvalue weighted by Gasteiger charge is -2.13. The summed E-state index contributed by atoms with van der Waals surface area (Å²) in [7, 11) is 1.93. The summed E-state index contributed by atoms with van der Waals surface area (Å²) in [5.41, 5.74) is 2.23. The van der Waals surface area contributed by atoms with Crippen LogP contribution in [-0.2, 0) is 6.54 Å². The predicted molar refractivity (Wildman–Crippen MR) is 85.9 cm³/mol. The molecule has 4 heteroatoms. The molecule has 0 aliphatic heterocycles. The van der Waals surface area contributed by atoms with Crippen LogP contribution in [-0.4, -0.2) is 7.05 Å². The molecule has 100 valence electrons. The predicted octanol–water partition coefficient (Wildman–Crippen LogP) is 5.03. The van der Waals surface area contributed by atoms with E-state index < -0.39 is 0 Å². The fourth-order valence-electron chi connectivity index (χ4n) is 1.82. The smallest absolute Gasteiger partial charge is 0.132 e. The summed E-state index contributed by atoms with van der Waals surface area (Å²) in [6, 6.07) is 12.1. The second-order valence-corrected chi connectivity index (χ2v) is 6.13. The molecule has 0 saturated carbocycles. The molecular weight excluding hydrogens is 370 g/mol. The van der Waals surface area contributed by atoms with Crippen molar-refractivity contribution in [3.63, 3.8) is 0 Å². The van der Waals surface area contributed by atoms with Crippen molar-refractivity contribution in [1.82, 2.24) is 5.32 Å². The Balaban J connectivity index is 2.32. The minimum absolute atomic E-state index is 0.768. The van der Waals surface area contributed by atoms with Gasteiger partial charge >= 0.3 is 0 Å². The third kappa shape index (κ3) is 3.81. The largest absolute Gasteiger partial charge is 0.457 e. The van der Waals surface area contributed by atoms with Crippen LogP contribution < -0.4 is 10.1 Å². The maximum absolute atomic E-state index is 6.02. The lowest BCUT2D eigenvalue weighted by Crippen LogP contribution is -2.06. The zero-order chi connectivity index (χ0) is 13.8. The Morgan fingerprint density at radius 2 is 1.63 bits per heavy atom. The Labute approximate surface area is 130 Å². The second kappa shape index (κ2) is 6.55. The van der Waals surface area contributed by atoms with E-state index in [9.17, 15) is 0 Å². The second-order valence-electron chi connectivity index (χ2n) is 4.29. The minimum atomic E-state index is 0.768. The first kappa shape index (κ1) is 14.6. The first-order valence-electron chi connectivity index (χ1n) is 5.97. The molecule has 0 spiro atoms. The van der Waals surface area contributed by atoms with Gasteiger partial charge in [0.25, 0.3) is 0 Å². The van der Waals surface area contributed by atoms with Crippen molar-refractivity contribution in [3.8, 4) is 11.5 Å². The monoisotopic (exact) mass is 383 g/mol. The summed E-state index contributed by atoms with van der Waals surface area (Å²) in [6.45, 7) is 2.81. The molecule has 1 N–H and O–H groups in total. The molecule has 2 rings (SSSR count). The van der Waals surface area contributed by atoms with Crippen molar-refractivity contribution in [2.45, 2.75) is 13.5 Å². The molecule has 0 aliphatic rings. The number of aryl methyl sites for hydroxylation is 1. The Morgan fingerprint density at radius 1 is 1.00 bits per heavy atom. The van der Waals surface area contributed by atoms with E-state index in [-0.39, 0.29) is 0 Å². The molecule has 0 aliphatic carbocycles. The molecule has 0 radical (unpaired) electrons. The van der Waals surface area contributed by atoms with Crippen molar-refractivity contribution in [3.05, 3.63) is 56.5 Å². The van der Waals surface area contributed by atoms with Crippen LogP contribution in [0, 0.1) is 6.92 Å². The molecule has 2 aromatic carbocycles. The number of nitrogens with one attached hydrogen (secondary N) is 1. The lowest BCUT2D eigenvalue weighted by molar-refractivity contribution is 0.470. The SMILES string of the molecule is CNCc1cc(Br)ccc1Oc1ccc(Br)cc1C. The minimum Gasteiger partial charge on any atom is -0.457 e. The summed E-state index contributed by atoms with van der Waals surface area (Å²) in [4.78, 5) is 0. The van der Waals surface area contributed by atoms with Crippen molar-refractivity contribution >= 4 is 31.9 Å². The van der Waals surface area contributed by atoms with E-state index in [0.29, 0.717) is 0 Å². The standard InChI is InChI=1S/C15H15Br2NO/c1-10-7-12(16)3-5-14(10)19-15-6-4-13(17)8-11(15)9-18-2/h3-8,18H,9H2,1-2H3. The summed E-state index contributed by atoms with van der Waals surface area (Å²) in [5, 5.41) is 3.15. The van der Waals surface area contributed by atoms with Gasteiger partial charge in [-0.15, -0.1) is 0 Å². The van der Waals surface area contributed by atoms with Gasteiger partial charge < -0.3 is 10.1 Å². The first-order valence-corrected chi connectivity index (χ1v) is 7.56. The lowest BCUT2D eigenvalue weighted by atomic mass is 10.2. The van der Waals surface area contributed by atoms with Crippen LogP contribution in [0.25, 0.3) is 0 Å². The molecule has 0 amide bonds. The highest BCUT2D eigenvalue weighted by molar-refractivity contribution is 9.10. The molecule has 0 fully saturated rings. The van der Waals surface area contributed by atoms with Gasteiger partial charge in [-0.3, -0.25) is 0 Å². The molecule has 0 unspecified atom stereocenters. The van der Waals surface area contributed by atoms with E-state index in [2.05, 4.69) is 43.2 Å². The Morgan fingerprint density at radius 3 is 2.26 bits per heavy atom. The van der Waals surface area contributed by atoms with Gasteiger partial charge in [-0.25, -0.2) is 0 Å². The zero-order valence-electron chi connectivity index (χ0n) is 10.8. The highest BCUT2D eigenvalue weighted by Gasteiger charge is 2.07.